The van der Waals surface area contributed by atoms with Crippen LogP contribution in [0, 0.1) is 0 Å². The van der Waals surface area contributed by atoms with Gasteiger partial charge in [-0.05, 0) is 62.9 Å². The van der Waals surface area contributed by atoms with Gasteiger partial charge in [-0.3, -0.25) is 4.79 Å². The number of sulfonamides is 1. The molecule has 3 aromatic rings. The smallest absolute Gasteiger partial charge is 0.238 e. The zero-order valence-corrected chi connectivity index (χ0v) is 23.7. The average molecular weight is 599 g/mol. The number of carbonyl (C=O) groups is 1. The van der Waals surface area contributed by atoms with E-state index in [2.05, 4.69) is 32.4 Å². The quantitative estimate of drug-likeness (QED) is 0.197. The van der Waals surface area contributed by atoms with Gasteiger partial charge >= 0.3 is 0 Å². The second kappa shape index (κ2) is 12.1. The zero-order chi connectivity index (χ0) is 25.8. The van der Waals surface area contributed by atoms with Crippen LogP contribution in [0.25, 0.3) is 11.1 Å². The van der Waals surface area contributed by atoms with Crippen molar-refractivity contribution < 1.29 is 17.8 Å². The number of alkyl halides is 1. The third-order valence-corrected chi connectivity index (χ3v) is 10.3. The second-order valence-electron chi connectivity index (χ2n) is 8.23. The minimum Gasteiger partial charge on any atom is -0.615 e. The summed E-state index contributed by atoms with van der Waals surface area (Å²) in [5.74, 6) is 0.0135. The lowest BCUT2D eigenvalue weighted by molar-refractivity contribution is -0.117. The van der Waals surface area contributed by atoms with Crippen LogP contribution in [0.4, 0.5) is 0 Å². The Morgan fingerprint density at radius 1 is 1.23 bits per heavy atom. The van der Waals surface area contributed by atoms with Crippen molar-refractivity contribution in [3.8, 4) is 11.1 Å². The average Bonchev–Trinajstić information content (AvgIpc) is 3.24. The van der Waals surface area contributed by atoms with E-state index >= 15 is 0 Å². The molecule has 3 unspecified atom stereocenters. The summed E-state index contributed by atoms with van der Waals surface area (Å²) >= 11 is 3.53. The normalized spacial score (nSPS) is 14.5. The lowest BCUT2D eigenvalue weighted by Gasteiger charge is -2.17. The van der Waals surface area contributed by atoms with Gasteiger partial charge in [-0.1, -0.05) is 49.4 Å². The number of carbonyl (C=O) groups excluding carboxylic acids is 1. The molecule has 0 bridgehead atoms. The Hall–Kier alpha value is -1.63. The fourth-order valence-electron chi connectivity index (χ4n) is 3.88. The number of aromatic nitrogens is 2. The molecule has 188 valence electrons. The second-order valence-corrected chi connectivity index (χ2v) is 13.5. The number of hydrogen-bond acceptors (Lipinski definition) is 6. The molecule has 35 heavy (non-hydrogen) atoms. The van der Waals surface area contributed by atoms with Gasteiger partial charge in [-0.15, -0.1) is 11.8 Å². The summed E-state index contributed by atoms with van der Waals surface area (Å²) in [6, 6.07) is 14.3. The number of benzene rings is 2. The highest BCUT2D eigenvalue weighted by molar-refractivity contribution is 9.11. The maximum atomic E-state index is 12.3. The summed E-state index contributed by atoms with van der Waals surface area (Å²) in [4.78, 5) is 17.0. The molecule has 0 aliphatic carbocycles. The SMILES string of the molecule is CSc1ncn(Cc2ccc(-c3ccccc3S(N)(=O)=O)cc2)c1C(C)CCC(=O)C(Br)[S+](C)[O-]. The molecule has 0 aliphatic rings. The number of Topliss-reactive ketones (excluding diaryl/α,β-unsaturated/α-hetero) is 1. The van der Waals surface area contributed by atoms with Gasteiger partial charge in [-0.2, -0.15) is 0 Å². The Kier molecular flexibility index (Phi) is 9.64. The molecular formula is C24H28BrN3O4S3. The predicted octanol–water partition coefficient (Wildman–Crippen LogP) is 4.52. The summed E-state index contributed by atoms with van der Waals surface area (Å²) in [5.41, 5.74) is 3.40. The van der Waals surface area contributed by atoms with Crippen molar-refractivity contribution in [3.05, 3.63) is 66.1 Å². The Morgan fingerprint density at radius 3 is 2.49 bits per heavy atom. The lowest BCUT2D eigenvalue weighted by Crippen LogP contribution is -2.23. The largest absolute Gasteiger partial charge is 0.615 e. The first-order chi connectivity index (χ1) is 16.5. The van der Waals surface area contributed by atoms with E-state index in [1.807, 2.05) is 30.5 Å². The van der Waals surface area contributed by atoms with Crippen molar-refractivity contribution in [1.29, 1.82) is 0 Å². The Balaban J connectivity index is 1.80. The van der Waals surface area contributed by atoms with Crippen LogP contribution in [-0.4, -0.2) is 45.0 Å². The molecule has 0 aliphatic heterocycles. The van der Waals surface area contributed by atoms with Gasteiger partial charge in [-0.25, -0.2) is 18.5 Å². The minimum atomic E-state index is -3.84. The maximum Gasteiger partial charge on any atom is 0.238 e. The number of nitrogens with two attached hydrogens (primary N) is 1. The van der Waals surface area contributed by atoms with Crippen molar-refractivity contribution in [2.75, 3.05) is 12.5 Å². The van der Waals surface area contributed by atoms with Gasteiger partial charge in [0.05, 0.1) is 23.2 Å². The molecule has 11 heteroatoms. The van der Waals surface area contributed by atoms with E-state index in [0.29, 0.717) is 24.9 Å². The summed E-state index contributed by atoms with van der Waals surface area (Å²) in [6.45, 7) is 2.65. The van der Waals surface area contributed by atoms with Gasteiger partial charge < -0.3 is 9.12 Å². The van der Waals surface area contributed by atoms with Gasteiger partial charge in [0, 0.05) is 18.5 Å². The molecule has 2 aromatic carbocycles. The van der Waals surface area contributed by atoms with E-state index in [-0.39, 0.29) is 16.6 Å². The molecule has 0 saturated heterocycles. The molecule has 7 nitrogen and oxygen atoms in total. The van der Waals surface area contributed by atoms with Crippen LogP contribution in [0.5, 0.6) is 0 Å². The molecule has 0 radical (unpaired) electrons. The number of primary sulfonamides is 1. The first kappa shape index (κ1) is 27.9. The van der Waals surface area contributed by atoms with E-state index in [0.717, 1.165) is 21.8 Å². The highest BCUT2D eigenvalue weighted by atomic mass is 79.9. The van der Waals surface area contributed by atoms with Gasteiger partial charge in [0.15, 0.2) is 5.78 Å². The highest BCUT2D eigenvalue weighted by Gasteiger charge is 2.25. The van der Waals surface area contributed by atoms with Crippen molar-refractivity contribution in [2.24, 2.45) is 5.14 Å². The van der Waals surface area contributed by atoms with Crippen LogP contribution in [-0.2, 0) is 32.5 Å². The lowest BCUT2D eigenvalue weighted by atomic mass is 10.00. The number of ketones is 1. The van der Waals surface area contributed by atoms with E-state index in [1.165, 1.54) is 12.3 Å². The fraction of sp³-hybridized carbons (Fsp3) is 0.333. The Labute approximate surface area is 222 Å². The van der Waals surface area contributed by atoms with Crippen LogP contribution in [0.3, 0.4) is 0 Å². The Morgan fingerprint density at radius 2 is 1.89 bits per heavy atom. The summed E-state index contributed by atoms with van der Waals surface area (Å²) < 4.78 is 36.9. The summed E-state index contributed by atoms with van der Waals surface area (Å²) in [6.07, 6.45) is 6.24. The Bertz CT molecular complexity index is 1280. The third-order valence-electron chi connectivity index (χ3n) is 5.68. The van der Waals surface area contributed by atoms with Crippen LogP contribution < -0.4 is 5.14 Å². The number of imidazole rings is 1. The number of hydrogen-bond donors (Lipinski definition) is 1. The number of nitrogens with zero attached hydrogens (tertiary/aromatic N) is 2. The summed E-state index contributed by atoms with van der Waals surface area (Å²) in [7, 11) is -3.84. The molecule has 0 saturated carbocycles. The number of thioether (sulfide) groups is 1. The van der Waals surface area contributed by atoms with Crippen molar-refractivity contribution >= 4 is 54.7 Å². The van der Waals surface area contributed by atoms with Crippen molar-refractivity contribution in [3.63, 3.8) is 0 Å². The van der Waals surface area contributed by atoms with Crippen molar-refractivity contribution in [1.82, 2.24) is 9.55 Å². The molecular weight excluding hydrogens is 570 g/mol. The molecule has 3 rings (SSSR count). The topological polar surface area (TPSA) is 118 Å². The van der Waals surface area contributed by atoms with Crippen molar-refractivity contribution in [2.45, 2.75) is 46.3 Å². The molecule has 1 aromatic heterocycles. The van der Waals surface area contributed by atoms with Crippen LogP contribution in [0.1, 0.15) is 36.9 Å². The molecule has 3 atom stereocenters. The highest BCUT2D eigenvalue weighted by Crippen LogP contribution is 2.31. The first-order valence-electron chi connectivity index (χ1n) is 10.8. The van der Waals surface area contributed by atoms with Crippen LogP contribution >= 0.6 is 27.7 Å². The molecule has 0 spiro atoms. The zero-order valence-electron chi connectivity index (χ0n) is 19.7. The van der Waals surface area contributed by atoms with Crippen LogP contribution in [0.2, 0.25) is 0 Å². The monoisotopic (exact) mass is 597 g/mol. The van der Waals surface area contributed by atoms with E-state index in [9.17, 15) is 17.8 Å². The third kappa shape index (κ3) is 6.99. The van der Waals surface area contributed by atoms with Gasteiger partial charge in [0.1, 0.15) is 5.03 Å². The molecule has 0 fully saturated rings. The molecule has 1 heterocycles. The number of halogens is 1. The minimum absolute atomic E-state index is 0.0650. The maximum absolute atomic E-state index is 12.3. The standard InChI is InChI=1S/C24H28BrN3O4S3/c1-16(8-13-20(29)23(25)34(3)30)22-24(33-2)27-15-28(22)14-17-9-11-18(12-10-17)19-6-4-5-7-21(19)35(26,31)32/h4-7,9-12,15-16,23H,8,13-14H2,1-3H3,(H2,26,31,32). The van der Waals surface area contributed by atoms with Gasteiger partial charge in [0.25, 0.3) is 0 Å². The predicted molar refractivity (Wildman–Crippen MR) is 146 cm³/mol. The first-order valence-corrected chi connectivity index (χ1v) is 16.1. The molecule has 0 amide bonds. The van der Waals surface area contributed by atoms with E-state index in [4.69, 9.17) is 5.14 Å². The fourth-order valence-corrected chi connectivity index (χ4v) is 6.04. The van der Waals surface area contributed by atoms with E-state index in [1.54, 1.807) is 36.3 Å². The number of rotatable bonds is 11. The molecule has 2 N–H and O–H groups in total. The van der Waals surface area contributed by atoms with E-state index < -0.39 is 25.4 Å². The van der Waals surface area contributed by atoms with Crippen LogP contribution in [0.15, 0.2) is 64.8 Å². The van der Waals surface area contributed by atoms with Gasteiger partial charge in [0.2, 0.25) is 14.2 Å². The summed E-state index contributed by atoms with van der Waals surface area (Å²) in [5, 5.41) is 6.30.